The summed E-state index contributed by atoms with van der Waals surface area (Å²) in [5.41, 5.74) is 0.838. The molecule has 3 rings (SSSR count). The number of alkyl halides is 3. The zero-order valence-corrected chi connectivity index (χ0v) is 9.22. The molecule has 0 aliphatic carbocycles. The van der Waals surface area contributed by atoms with Crippen molar-refractivity contribution in [3.05, 3.63) is 34.9 Å². The molecule has 92 valence electrons. The van der Waals surface area contributed by atoms with Crippen molar-refractivity contribution in [1.29, 1.82) is 0 Å². The molecule has 0 unspecified atom stereocenters. The molecular weight excluding hydrogens is 229 g/mol. The summed E-state index contributed by atoms with van der Waals surface area (Å²) in [5.74, 6) is 0. The first kappa shape index (κ1) is 11.0. The van der Waals surface area contributed by atoms with Gasteiger partial charge in [0.25, 0.3) is 0 Å². The van der Waals surface area contributed by atoms with Gasteiger partial charge in [-0.2, -0.15) is 13.2 Å². The third kappa shape index (κ3) is 1.73. The summed E-state index contributed by atoms with van der Waals surface area (Å²) in [6, 6.07) is 4.63. The highest BCUT2D eigenvalue weighted by Crippen LogP contribution is 2.41. The molecule has 0 spiro atoms. The van der Waals surface area contributed by atoms with E-state index >= 15 is 0 Å². The van der Waals surface area contributed by atoms with Crippen LogP contribution in [0.4, 0.5) is 13.2 Å². The molecule has 0 saturated carbocycles. The Morgan fingerprint density at radius 1 is 1.29 bits per heavy atom. The summed E-state index contributed by atoms with van der Waals surface area (Å²) in [7, 11) is 0. The molecule has 2 nitrogen and oxygen atoms in total. The molecule has 1 aromatic carbocycles. The highest BCUT2D eigenvalue weighted by Gasteiger charge is 2.40. The van der Waals surface area contributed by atoms with E-state index in [1.807, 2.05) is 6.07 Å². The number of nitrogens with one attached hydrogen (secondary N) is 1. The number of halogens is 3. The highest BCUT2D eigenvalue weighted by molar-refractivity contribution is 5.42. The SMILES string of the molecule is FC(F)(F)c1cccc2c1CN1CCNC[C@H]21. The largest absolute Gasteiger partial charge is 0.416 e. The molecule has 5 heteroatoms. The van der Waals surface area contributed by atoms with Gasteiger partial charge in [-0.05, 0) is 17.2 Å². The van der Waals surface area contributed by atoms with Gasteiger partial charge in [-0.1, -0.05) is 12.1 Å². The monoisotopic (exact) mass is 242 g/mol. The molecule has 0 bridgehead atoms. The smallest absolute Gasteiger partial charge is 0.314 e. The number of nitrogens with zero attached hydrogens (tertiary/aromatic N) is 1. The van der Waals surface area contributed by atoms with Crippen LogP contribution in [0.5, 0.6) is 0 Å². The van der Waals surface area contributed by atoms with Crippen molar-refractivity contribution in [1.82, 2.24) is 10.2 Å². The summed E-state index contributed by atoms with van der Waals surface area (Å²) in [6.45, 7) is 2.84. The first-order chi connectivity index (χ1) is 8.07. The van der Waals surface area contributed by atoms with E-state index in [1.165, 1.54) is 12.1 Å². The van der Waals surface area contributed by atoms with E-state index < -0.39 is 11.7 Å². The van der Waals surface area contributed by atoms with Crippen molar-refractivity contribution >= 4 is 0 Å². The molecule has 1 saturated heterocycles. The Hall–Kier alpha value is -1.07. The van der Waals surface area contributed by atoms with Gasteiger partial charge < -0.3 is 5.32 Å². The molecular formula is C12H13F3N2. The lowest BCUT2D eigenvalue weighted by Gasteiger charge is -2.30. The maximum Gasteiger partial charge on any atom is 0.416 e. The lowest BCUT2D eigenvalue weighted by Crippen LogP contribution is -2.42. The van der Waals surface area contributed by atoms with Crippen molar-refractivity contribution in [3.8, 4) is 0 Å². The predicted octanol–water partition coefficient (Wildman–Crippen LogP) is 2.17. The molecule has 1 fully saturated rings. The molecule has 1 N–H and O–H groups in total. The van der Waals surface area contributed by atoms with E-state index in [4.69, 9.17) is 0 Å². The van der Waals surface area contributed by atoms with Gasteiger partial charge in [0.15, 0.2) is 0 Å². The number of hydrogen-bond acceptors (Lipinski definition) is 2. The minimum atomic E-state index is -4.24. The van der Waals surface area contributed by atoms with Crippen LogP contribution < -0.4 is 5.32 Å². The molecule has 0 amide bonds. The van der Waals surface area contributed by atoms with E-state index in [9.17, 15) is 13.2 Å². The third-order valence-corrected chi connectivity index (χ3v) is 3.59. The van der Waals surface area contributed by atoms with Crippen LogP contribution in [-0.2, 0) is 12.7 Å². The maximum absolute atomic E-state index is 12.9. The molecule has 1 aromatic rings. The van der Waals surface area contributed by atoms with Crippen LogP contribution >= 0.6 is 0 Å². The van der Waals surface area contributed by atoms with Crippen LogP contribution in [0.2, 0.25) is 0 Å². The molecule has 1 atom stereocenters. The second-order valence-electron chi connectivity index (χ2n) is 4.56. The molecule has 0 radical (unpaired) electrons. The fourth-order valence-electron chi connectivity index (χ4n) is 2.80. The Morgan fingerprint density at radius 2 is 2.12 bits per heavy atom. The third-order valence-electron chi connectivity index (χ3n) is 3.59. The van der Waals surface area contributed by atoms with Gasteiger partial charge in [-0.3, -0.25) is 4.90 Å². The van der Waals surface area contributed by atoms with Gasteiger partial charge in [0.05, 0.1) is 5.56 Å². The lowest BCUT2D eigenvalue weighted by atomic mass is 9.99. The summed E-state index contributed by atoms with van der Waals surface area (Å²) >= 11 is 0. The van der Waals surface area contributed by atoms with Crippen LogP contribution in [-0.4, -0.2) is 24.5 Å². The topological polar surface area (TPSA) is 15.3 Å². The van der Waals surface area contributed by atoms with Crippen molar-refractivity contribution in [2.45, 2.75) is 18.8 Å². The van der Waals surface area contributed by atoms with E-state index in [2.05, 4.69) is 10.2 Å². The van der Waals surface area contributed by atoms with Crippen LogP contribution in [0.1, 0.15) is 22.7 Å². The van der Waals surface area contributed by atoms with Gasteiger partial charge in [-0.25, -0.2) is 0 Å². The summed E-state index contributed by atoms with van der Waals surface area (Å²) in [4.78, 5) is 2.12. The molecule has 2 aliphatic heterocycles. The Morgan fingerprint density at radius 3 is 2.88 bits per heavy atom. The molecule has 2 aliphatic rings. The van der Waals surface area contributed by atoms with Crippen LogP contribution in [0.3, 0.4) is 0 Å². The van der Waals surface area contributed by atoms with E-state index in [0.29, 0.717) is 12.1 Å². The van der Waals surface area contributed by atoms with Gasteiger partial charge in [0.1, 0.15) is 0 Å². The van der Waals surface area contributed by atoms with E-state index in [0.717, 1.165) is 25.2 Å². The Labute approximate surface area is 97.4 Å². The Kier molecular flexibility index (Phi) is 2.41. The van der Waals surface area contributed by atoms with Gasteiger partial charge in [0.2, 0.25) is 0 Å². The fourth-order valence-corrected chi connectivity index (χ4v) is 2.80. The van der Waals surface area contributed by atoms with Crippen molar-refractivity contribution in [2.24, 2.45) is 0 Å². The zero-order valence-electron chi connectivity index (χ0n) is 9.22. The lowest BCUT2D eigenvalue weighted by molar-refractivity contribution is -0.138. The quantitative estimate of drug-likeness (QED) is 0.750. The predicted molar refractivity (Wildman–Crippen MR) is 57.5 cm³/mol. The van der Waals surface area contributed by atoms with Crippen molar-refractivity contribution in [2.75, 3.05) is 19.6 Å². The average Bonchev–Trinajstić information content (AvgIpc) is 2.65. The first-order valence-electron chi connectivity index (χ1n) is 5.71. The van der Waals surface area contributed by atoms with E-state index in [-0.39, 0.29) is 6.04 Å². The second-order valence-corrected chi connectivity index (χ2v) is 4.56. The standard InChI is InChI=1S/C12H13F3N2/c13-12(14,15)10-3-1-2-8-9(10)7-17-5-4-16-6-11(8)17/h1-3,11,16H,4-7H2/t11-/m1/s1. The van der Waals surface area contributed by atoms with Crippen LogP contribution in [0.15, 0.2) is 18.2 Å². The summed E-state index contributed by atoms with van der Waals surface area (Å²) in [6.07, 6.45) is -4.24. The summed E-state index contributed by atoms with van der Waals surface area (Å²) < 4.78 is 38.7. The van der Waals surface area contributed by atoms with Gasteiger partial charge in [0, 0.05) is 32.2 Å². The second kappa shape index (κ2) is 3.71. The Bertz CT molecular complexity index is 442. The number of fused-ring (bicyclic) bond motifs is 3. The van der Waals surface area contributed by atoms with E-state index in [1.54, 1.807) is 0 Å². The maximum atomic E-state index is 12.9. The molecule has 17 heavy (non-hydrogen) atoms. The number of rotatable bonds is 0. The van der Waals surface area contributed by atoms with Crippen LogP contribution in [0, 0.1) is 0 Å². The number of hydrogen-bond donors (Lipinski definition) is 1. The zero-order chi connectivity index (χ0) is 12.0. The van der Waals surface area contributed by atoms with Crippen LogP contribution in [0.25, 0.3) is 0 Å². The van der Waals surface area contributed by atoms with Crippen molar-refractivity contribution < 1.29 is 13.2 Å². The minimum absolute atomic E-state index is 0.112. The summed E-state index contributed by atoms with van der Waals surface area (Å²) in [5, 5.41) is 3.23. The normalized spacial score (nSPS) is 24.5. The average molecular weight is 242 g/mol. The van der Waals surface area contributed by atoms with Crippen molar-refractivity contribution in [3.63, 3.8) is 0 Å². The number of benzene rings is 1. The Balaban J connectivity index is 2.06. The fraction of sp³-hybridized carbons (Fsp3) is 0.500. The first-order valence-corrected chi connectivity index (χ1v) is 5.71. The minimum Gasteiger partial charge on any atom is -0.314 e. The van der Waals surface area contributed by atoms with Gasteiger partial charge in [-0.15, -0.1) is 0 Å². The molecule has 2 heterocycles. The highest BCUT2D eigenvalue weighted by atomic mass is 19.4. The molecule has 0 aromatic heterocycles. The van der Waals surface area contributed by atoms with Gasteiger partial charge >= 0.3 is 6.18 Å². The number of piperazine rings is 1.